The molecule has 0 aromatic rings. The van der Waals surface area contributed by atoms with E-state index in [1.165, 1.54) is 25.7 Å². The fourth-order valence-electron chi connectivity index (χ4n) is 1.78. The molecule has 1 heteroatoms. The van der Waals surface area contributed by atoms with Crippen LogP contribution in [0.4, 0.5) is 0 Å². The Hall–Kier alpha value is -0.195. The molecule has 0 nitrogen and oxygen atoms in total. The summed E-state index contributed by atoms with van der Waals surface area (Å²) < 4.78 is 0. The lowest BCUT2D eigenvalue weighted by molar-refractivity contribution is 0.343. The van der Waals surface area contributed by atoms with Crippen LogP contribution in [0.25, 0.3) is 0 Å². The van der Waals surface area contributed by atoms with Crippen LogP contribution >= 0.6 is 0 Å². The van der Waals surface area contributed by atoms with Gasteiger partial charge in [-0.25, -0.2) is 0 Å². The van der Waals surface area contributed by atoms with Gasteiger partial charge in [-0.1, -0.05) is 25.4 Å². The minimum absolute atomic E-state index is 0.764. The molecule has 0 saturated heterocycles. The Morgan fingerprint density at radius 1 is 1.27 bits per heavy atom. The average molecular weight is 148 g/mol. The lowest BCUT2D eigenvalue weighted by atomic mass is 9.77. The van der Waals surface area contributed by atoms with Crippen LogP contribution in [-0.4, -0.2) is 7.85 Å². The van der Waals surface area contributed by atoms with E-state index in [0.29, 0.717) is 0 Å². The SMILES string of the molecule is [B]CC1CC/C=C/CCC1C. The van der Waals surface area contributed by atoms with Crippen molar-refractivity contribution < 1.29 is 0 Å². The third-order valence-corrected chi connectivity index (χ3v) is 2.77. The molecule has 60 valence electrons. The van der Waals surface area contributed by atoms with Gasteiger partial charge in [0.15, 0.2) is 0 Å². The van der Waals surface area contributed by atoms with Crippen LogP contribution in [0.1, 0.15) is 32.6 Å². The van der Waals surface area contributed by atoms with Gasteiger partial charge < -0.3 is 0 Å². The largest absolute Gasteiger partial charge is 0.0885 e. The highest BCUT2D eigenvalue weighted by Gasteiger charge is 2.14. The van der Waals surface area contributed by atoms with E-state index in [0.717, 1.165) is 18.2 Å². The molecule has 1 rings (SSSR count). The van der Waals surface area contributed by atoms with E-state index in [-0.39, 0.29) is 0 Å². The van der Waals surface area contributed by atoms with Crippen LogP contribution in [0.3, 0.4) is 0 Å². The molecule has 1 aliphatic carbocycles. The first-order chi connectivity index (χ1) is 5.34. The zero-order valence-electron chi connectivity index (χ0n) is 7.42. The molecule has 2 atom stereocenters. The van der Waals surface area contributed by atoms with Crippen molar-refractivity contribution in [3.63, 3.8) is 0 Å². The molecular weight excluding hydrogens is 131 g/mol. The van der Waals surface area contributed by atoms with E-state index in [1.54, 1.807) is 0 Å². The maximum absolute atomic E-state index is 5.69. The van der Waals surface area contributed by atoms with Crippen molar-refractivity contribution in [1.29, 1.82) is 0 Å². The summed E-state index contributed by atoms with van der Waals surface area (Å²) in [5.74, 6) is 1.59. The molecule has 0 aliphatic heterocycles. The second-order valence-electron chi connectivity index (χ2n) is 3.60. The summed E-state index contributed by atoms with van der Waals surface area (Å²) in [6.45, 7) is 2.33. The second-order valence-corrected chi connectivity index (χ2v) is 3.60. The van der Waals surface area contributed by atoms with E-state index < -0.39 is 0 Å². The fourth-order valence-corrected chi connectivity index (χ4v) is 1.78. The molecular formula is C10H17B. The highest BCUT2D eigenvalue weighted by Crippen LogP contribution is 2.26. The topological polar surface area (TPSA) is 0 Å². The maximum Gasteiger partial charge on any atom is 0.0656 e. The minimum Gasteiger partial charge on any atom is -0.0885 e. The predicted octanol–water partition coefficient (Wildman–Crippen LogP) is 2.96. The molecule has 11 heavy (non-hydrogen) atoms. The van der Waals surface area contributed by atoms with Crippen LogP contribution in [0, 0.1) is 11.8 Å². The van der Waals surface area contributed by atoms with E-state index in [2.05, 4.69) is 19.1 Å². The van der Waals surface area contributed by atoms with Crippen LogP contribution in [0.15, 0.2) is 12.2 Å². The van der Waals surface area contributed by atoms with Crippen molar-refractivity contribution in [3.8, 4) is 0 Å². The van der Waals surface area contributed by atoms with E-state index in [4.69, 9.17) is 7.85 Å². The van der Waals surface area contributed by atoms with Gasteiger partial charge in [0.25, 0.3) is 0 Å². The number of allylic oxidation sites excluding steroid dienone is 2. The lowest BCUT2D eigenvalue weighted by Crippen LogP contribution is -2.12. The van der Waals surface area contributed by atoms with Gasteiger partial charge in [0.1, 0.15) is 0 Å². The molecule has 0 spiro atoms. The quantitative estimate of drug-likeness (QED) is 0.396. The third-order valence-electron chi connectivity index (χ3n) is 2.77. The van der Waals surface area contributed by atoms with Crippen LogP contribution in [-0.2, 0) is 0 Å². The molecule has 0 amide bonds. The molecule has 0 bridgehead atoms. The Labute approximate surface area is 71.5 Å². The third kappa shape index (κ3) is 2.73. The van der Waals surface area contributed by atoms with Gasteiger partial charge >= 0.3 is 0 Å². The summed E-state index contributed by atoms with van der Waals surface area (Å²) in [7, 11) is 5.69. The molecule has 0 fully saturated rings. The van der Waals surface area contributed by atoms with Crippen molar-refractivity contribution in [2.45, 2.75) is 38.9 Å². The Kier molecular flexibility index (Phi) is 3.75. The highest BCUT2D eigenvalue weighted by atomic mass is 14.2. The Morgan fingerprint density at radius 3 is 2.55 bits per heavy atom. The fraction of sp³-hybridized carbons (Fsp3) is 0.800. The normalized spacial score (nSPS) is 35.7. The van der Waals surface area contributed by atoms with Gasteiger partial charge in [0, 0.05) is 0 Å². The first kappa shape index (κ1) is 8.90. The van der Waals surface area contributed by atoms with Gasteiger partial charge in [0.2, 0.25) is 0 Å². The first-order valence-corrected chi connectivity index (χ1v) is 4.69. The van der Waals surface area contributed by atoms with Gasteiger partial charge in [-0.05, 0) is 37.5 Å². The van der Waals surface area contributed by atoms with Crippen LogP contribution in [0.2, 0.25) is 6.32 Å². The Bertz CT molecular complexity index is 129. The number of hydrogen-bond acceptors (Lipinski definition) is 0. The van der Waals surface area contributed by atoms with E-state index in [9.17, 15) is 0 Å². The van der Waals surface area contributed by atoms with Crippen molar-refractivity contribution in [2.24, 2.45) is 11.8 Å². The summed E-state index contributed by atoms with van der Waals surface area (Å²) in [5, 5.41) is 0. The van der Waals surface area contributed by atoms with Crippen molar-refractivity contribution in [3.05, 3.63) is 12.2 Å². The molecule has 0 aromatic heterocycles. The summed E-state index contributed by atoms with van der Waals surface area (Å²) in [6, 6.07) is 0. The molecule has 0 saturated carbocycles. The summed E-state index contributed by atoms with van der Waals surface area (Å²) in [6.07, 6.45) is 10.6. The van der Waals surface area contributed by atoms with Crippen molar-refractivity contribution >= 4 is 7.85 Å². The minimum atomic E-state index is 0.764. The summed E-state index contributed by atoms with van der Waals surface area (Å²) in [5.41, 5.74) is 0. The van der Waals surface area contributed by atoms with E-state index in [1.807, 2.05) is 0 Å². The molecule has 0 aromatic carbocycles. The predicted molar refractivity (Wildman–Crippen MR) is 50.8 cm³/mol. The second kappa shape index (κ2) is 4.64. The standard InChI is InChI=1S/C10H17B/c1-9-6-4-2-3-5-7-10(9)8-11/h2-3,9-10H,4-8H2,1H3/b3-2+. The Morgan fingerprint density at radius 2 is 1.91 bits per heavy atom. The van der Waals surface area contributed by atoms with Crippen molar-refractivity contribution in [1.82, 2.24) is 0 Å². The zero-order chi connectivity index (χ0) is 8.10. The van der Waals surface area contributed by atoms with Gasteiger partial charge in [-0.15, -0.1) is 0 Å². The van der Waals surface area contributed by atoms with Gasteiger partial charge in [-0.2, -0.15) is 0 Å². The lowest BCUT2D eigenvalue weighted by Gasteiger charge is -2.23. The molecule has 0 N–H and O–H groups in total. The highest BCUT2D eigenvalue weighted by molar-refractivity contribution is 6.08. The Balaban J connectivity index is 2.43. The molecule has 2 unspecified atom stereocenters. The monoisotopic (exact) mass is 148 g/mol. The van der Waals surface area contributed by atoms with Gasteiger partial charge in [0.05, 0.1) is 7.85 Å². The van der Waals surface area contributed by atoms with E-state index >= 15 is 0 Å². The smallest absolute Gasteiger partial charge is 0.0656 e. The van der Waals surface area contributed by atoms with Crippen LogP contribution in [0.5, 0.6) is 0 Å². The van der Waals surface area contributed by atoms with Crippen LogP contribution < -0.4 is 0 Å². The number of hydrogen-bond donors (Lipinski definition) is 0. The van der Waals surface area contributed by atoms with Crippen molar-refractivity contribution in [2.75, 3.05) is 0 Å². The average Bonchev–Trinajstić information content (AvgIpc) is 1.98. The summed E-state index contributed by atoms with van der Waals surface area (Å²) in [4.78, 5) is 0. The molecule has 0 heterocycles. The molecule has 2 radical (unpaired) electrons. The number of rotatable bonds is 1. The molecule has 1 aliphatic rings. The van der Waals surface area contributed by atoms with Gasteiger partial charge in [-0.3, -0.25) is 0 Å². The zero-order valence-corrected chi connectivity index (χ0v) is 7.42. The first-order valence-electron chi connectivity index (χ1n) is 4.69. The summed E-state index contributed by atoms with van der Waals surface area (Å²) >= 11 is 0. The maximum atomic E-state index is 5.69.